The predicted octanol–water partition coefficient (Wildman–Crippen LogP) is 2.87. The second-order valence-corrected chi connectivity index (χ2v) is 7.36. The Morgan fingerprint density at radius 3 is 2.38 bits per heavy atom. The van der Waals surface area contributed by atoms with Crippen LogP contribution in [0, 0.1) is 0 Å². The van der Waals surface area contributed by atoms with E-state index in [1.54, 1.807) is 36.4 Å². The minimum Gasteiger partial charge on any atom is -0.449 e. The maximum absolute atomic E-state index is 12.4. The minimum atomic E-state index is -1.03. The number of carbonyl (C=O) groups is 4. The summed E-state index contributed by atoms with van der Waals surface area (Å²) in [5, 5.41) is 7.98. The van der Waals surface area contributed by atoms with Gasteiger partial charge in [0.1, 0.15) is 0 Å². The third kappa shape index (κ3) is 5.35. The second kappa shape index (κ2) is 8.78. The molecular weight excluding hydrogens is 394 g/mol. The van der Waals surface area contributed by atoms with Crippen LogP contribution in [-0.4, -0.2) is 35.5 Å². The molecule has 2 aromatic carbocycles. The fraction of sp³-hybridized carbons (Fsp3) is 0.200. The second-order valence-electron chi connectivity index (χ2n) is 6.34. The van der Waals surface area contributed by atoms with E-state index in [1.807, 2.05) is 0 Å². The van der Waals surface area contributed by atoms with Gasteiger partial charge >= 0.3 is 5.97 Å². The summed E-state index contributed by atoms with van der Waals surface area (Å²) in [7, 11) is 0. The Morgan fingerprint density at radius 1 is 1.07 bits per heavy atom. The molecule has 0 aliphatic carbocycles. The van der Waals surface area contributed by atoms with Gasteiger partial charge in [-0.3, -0.25) is 14.4 Å². The predicted molar refractivity (Wildman–Crippen MR) is 110 cm³/mol. The lowest BCUT2D eigenvalue weighted by atomic mass is 10.2. The van der Waals surface area contributed by atoms with Crippen molar-refractivity contribution in [1.82, 2.24) is 0 Å². The van der Waals surface area contributed by atoms with E-state index in [0.717, 1.165) is 4.90 Å². The number of rotatable bonds is 5. The van der Waals surface area contributed by atoms with Gasteiger partial charge in [-0.1, -0.05) is 0 Å². The largest absolute Gasteiger partial charge is 0.449 e. The van der Waals surface area contributed by atoms with Crippen LogP contribution in [0.15, 0.2) is 47.4 Å². The van der Waals surface area contributed by atoms with Crippen molar-refractivity contribution in [3.63, 3.8) is 0 Å². The molecule has 3 N–H and O–H groups in total. The third-order valence-electron chi connectivity index (χ3n) is 3.97. The number of anilines is 3. The van der Waals surface area contributed by atoms with Crippen LogP contribution >= 0.6 is 11.8 Å². The summed E-state index contributed by atoms with van der Waals surface area (Å²) in [6, 6.07) is 11.4. The molecule has 0 saturated heterocycles. The molecule has 1 aliphatic rings. The normalized spacial score (nSPS) is 13.5. The fourth-order valence-electron chi connectivity index (χ4n) is 2.58. The number of benzene rings is 2. The first-order valence-corrected chi connectivity index (χ1v) is 9.76. The van der Waals surface area contributed by atoms with Crippen molar-refractivity contribution < 1.29 is 23.9 Å². The van der Waals surface area contributed by atoms with Gasteiger partial charge in [0.05, 0.1) is 17.0 Å². The molecule has 3 amide bonds. The summed E-state index contributed by atoms with van der Waals surface area (Å²) >= 11 is 1.39. The molecule has 150 valence electrons. The summed E-state index contributed by atoms with van der Waals surface area (Å²) in [4.78, 5) is 48.1. The van der Waals surface area contributed by atoms with E-state index in [2.05, 4.69) is 16.0 Å². The van der Waals surface area contributed by atoms with E-state index in [4.69, 9.17) is 4.74 Å². The molecule has 29 heavy (non-hydrogen) atoms. The summed E-state index contributed by atoms with van der Waals surface area (Å²) in [5.41, 5.74) is 1.90. The first-order chi connectivity index (χ1) is 13.8. The van der Waals surface area contributed by atoms with Gasteiger partial charge in [-0.2, -0.15) is 0 Å². The zero-order valence-corrected chi connectivity index (χ0v) is 16.6. The molecule has 0 radical (unpaired) electrons. The van der Waals surface area contributed by atoms with Crippen molar-refractivity contribution in [3.8, 4) is 0 Å². The zero-order valence-electron chi connectivity index (χ0n) is 15.8. The van der Waals surface area contributed by atoms with E-state index in [1.165, 1.54) is 31.7 Å². The van der Waals surface area contributed by atoms with Crippen molar-refractivity contribution in [1.29, 1.82) is 0 Å². The summed E-state index contributed by atoms with van der Waals surface area (Å²) in [6.45, 7) is 2.87. The molecule has 0 bridgehead atoms. The number of amides is 3. The Morgan fingerprint density at radius 2 is 1.72 bits per heavy atom. The van der Waals surface area contributed by atoms with Gasteiger partial charge in [-0.25, -0.2) is 4.79 Å². The van der Waals surface area contributed by atoms with Crippen molar-refractivity contribution >= 4 is 52.5 Å². The highest BCUT2D eigenvalue weighted by Crippen LogP contribution is 2.32. The molecule has 1 atom stereocenters. The zero-order chi connectivity index (χ0) is 21.0. The quantitative estimate of drug-likeness (QED) is 0.650. The standard InChI is InChI=1S/C20H19N3O5S/c1-11(19(26)22-15-6-4-14(5-7-15)21-12(2)24)28-20(27)13-3-8-17-16(9-13)23-18(25)10-29-17/h3-9,11H,10H2,1-2H3,(H,21,24)(H,22,26)(H,23,25)/t11-/m0/s1. The number of esters is 1. The van der Waals surface area contributed by atoms with Crippen LogP contribution in [0.3, 0.4) is 0 Å². The van der Waals surface area contributed by atoms with Crippen LogP contribution in [-0.2, 0) is 19.1 Å². The smallest absolute Gasteiger partial charge is 0.338 e. The monoisotopic (exact) mass is 413 g/mol. The van der Waals surface area contributed by atoms with Gasteiger partial charge in [0.15, 0.2) is 6.10 Å². The number of nitrogens with one attached hydrogen (secondary N) is 3. The molecule has 0 spiro atoms. The van der Waals surface area contributed by atoms with E-state index in [0.29, 0.717) is 22.8 Å². The summed E-state index contributed by atoms with van der Waals surface area (Å²) in [5.74, 6) is -1.15. The Bertz CT molecular complexity index is 975. The molecule has 1 heterocycles. The van der Waals surface area contributed by atoms with Crippen LogP contribution in [0.2, 0.25) is 0 Å². The molecule has 8 nitrogen and oxygen atoms in total. The lowest BCUT2D eigenvalue weighted by Crippen LogP contribution is -2.30. The van der Waals surface area contributed by atoms with Gasteiger partial charge in [-0.15, -0.1) is 11.8 Å². The van der Waals surface area contributed by atoms with Crippen LogP contribution in [0.5, 0.6) is 0 Å². The molecule has 0 saturated carbocycles. The van der Waals surface area contributed by atoms with E-state index in [9.17, 15) is 19.2 Å². The summed E-state index contributed by atoms with van der Waals surface area (Å²) < 4.78 is 5.24. The number of carbonyl (C=O) groups excluding carboxylic acids is 4. The minimum absolute atomic E-state index is 0.134. The average molecular weight is 413 g/mol. The number of thioether (sulfide) groups is 1. The van der Waals surface area contributed by atoms with Crippen LogP contribution in [0.1, 0.15) is 24.2 Å². The lowest BCUT2D eigenvalue weighted by Gasteiger charge is -2.18. The maximum atomic E-state index is 12.4. The maximum Gasteiger partial charge on any atom is 0.338 e. The van der Waals surface area contributed by atoms with Crippen LogP contribution in [0.25, 0.3) is 0 Å². The van der Waals surface area contributed by atoms with E-state index < -0.39 is 18.0 Å². The van der Waals surface area contributed by atoms with Gasteiger partial charge in [0, 0.05) is 23.2 Å². The van der Waals surface area contributed by atoms with Gasteiger partial charge in [0.2, 0.25) is 11.8 Å². The van der Waals surface area contributed by atoms with Crippen molar-refractivity contribution in [2.24, 2.45) is 0 Å². The summed E-state index contributed by atoms with van der Waals surface area (Å²) in [6.07, 6.45) is -1.03. The molecular formula is C20H19N3O5S. The van der Waals surface area contributed by atoms with E-state index in [-0.39, 0.29) is 17.4 Å². The Kier molecular flexibility index (Phi) is 6.18. The molecule has 0 aromatic heterocycles. The highest BCUT2D eigenvalue weighted by atomic mass is 32.2. The first kappa shape index (κ1) is 20.4. The SMILES string of the molecule is CC(=O)Nc1ccc(NC(=O)[C@H](C)OC(=O)c2ccc3c(c2)NC(=O)CS3)cc1. The molecule has 0 fully saturated rings. The number of hydrogen-bond donors (Lipinski definition) is 3. The van der Waals surface area contributed by atoms with E-state index >= 15 is 0 Å². The number of ether oxygens (including phenoxy) is 1. The first-order valence-electron chi connectivity index (χ1n) is 8.78. The number of fused-ring (bicyclic) bond motifs is 1. The van der Waals surface area contributed by atoms with Gasteiger partial charge in [-0.05, 0) is 49.4 Å². The Hall–Kier alpha value is -3.33. The van der Waals surface area contributed by atoms with Gasteiger partial charge in [0.25, 0.3) is 5.91 Å². The average Bonchev–Trinajstić information content (AvgIpc) is 2.68. The molecule has 3 rings (SSSR count). The Labute approximate surface area is 171 Å². The fourth-order valence-corrected chi connectivity index (χ4v) is 3.36. The highest BCUT2D eigenvalue weighted by Gasteiger charge is 2.21. The third-order valence-corrected chi connectivity index (χ3v) is 5.05. The van der Waals surface area contributed by atoms with Gasteiger partial charge < -0.3 is 20.7 Å². The van der Waals surface area contributed by atoms with Crippen molar-refractivity contribution in [2.75, 3.05) is 21.7 Å². The molecule has 0 unspecified atom stereocenters. The van der Waals surface area contributed by atoms with Crippen molar-refractivity contribution in [3.05, 3.63) is 48.0 Å². The number of hydrogen-bond acceptors (Lipinski definition) is 6. The van der Waals surface area contributed by atoms with Crippen LogP contribution < -0.4 is 16.0 Å². The Balaban J connectivity index is 1.59. The van der Waals surface area contributed by atoms with Crippen LogP contribution in [0.4, 0.5) is 17.1 Å². The topological polar surface area (TPSA) is 114 Å². The van der Waals surface area contributed by atoms with Crippen molar-refractivity contribution in [2.45, 2.75) is 24.8 Å². The highest BCUT2D eigenvalue weighted by molar-refractivity contribution is 8.00. The molecule has 2 aromatic rings. The molecule has 9 heteroatoms. The lowest BCUT2D eigenvalue weighted by molar-refractivity contribution is -0.123. The molecule has 1 aliphatic heterocycles.